The van der Waals surface area contributed by atoms with Crippen LogP contribution in [0.2, 0.25) is 0 Å². The van der Waals surface area contributed by atoms with Gasteiger partial charge in [-0.25, -0.2) is 9.37 Å². The summed E-state index contributed by atoms with van der Waals surface area (Å²) in [6, 6.07) is 1.36. The lowest BCUT2D eigenvalue weighted by molar-refractivity contribution is 0.624. The molecule has 0 fully saturated rings. The van der Waals surface area contributed by atoms with Gasteiger partial charge >= 0.3 is 0 Å². The van der Waals surface area contributed by atoms with Gasteiger partial charge in [-0.05, 0) is 28.9 Å². The first-order valence-corrected chi connectivity index (χ1v) is 4.48. The van der Waals surface area contributed by atoms with Crippen LogP contribution in [0.1, 0.15) is 6.92 Å². The van der Waals surface area contributed by atoms with Crippen LogP contribution in [-0.2, 0) is 0 Å². The summed E-state index contributed by atoms with van der Waals surface area (Å²) < 4.78 is 13.7. The molecule has 0 unspecified atom stereocenters. The Kier molecular flexibility index (Phi) is 3.71. The van der Waals surface area contributed by atoms with Gasteiger partial charge in [0.2, 0.25) is 0 Å². The Hall–Kier alpha value is -1.08. The molecule has 2 nitrogen and oxygen atoms in total. The van der Waals surface area contributed by atoms with E-state index in [1.54, 1.807) is 6.92 Å². The predicted molar refractivity (Wildman–Crippen MR) is 53.8 cm³/mol. The number of rotatable bonds is 2. The quantitative estimate of drug-likeness (QED) is 0.807. The summed E-state index contributed by atoms with van der Waals surface area (Å²) >= 11 is 3.12. The van der Waals surface area contributed by atoms with Crippen molar-refractivity contribution in [2.75, 3.05) is 11.9 Å². The largest absolute Gasteiger partial charge is 0.357 e. The molecule has 1 aromatic heterocycles. The van der Waals surface area contributed by atoms with E-state index in [-0.39, 0.29) is 11.6 Å². The number of anilines is 1. The number of halogens is 2. The summed E-state index contributed by atoms with van der Waals surface area (Å²) in [5.41, 5.74) is 0. The van der Waals surface area contributed by atoms with Gasteiger partial charge in [0.25, 0.3) is 0 Å². The third-order valence-corrected chi connectivity index (χ3v) is 1.76. The molecule has 1 rings (SSSR count). The summed E-state index contributed by atoms with van der Waals surface area (Å²) in [7, 11) is 0. The highest BCUT2D eigenvalue weighted by Gasteiger charge is 2.01. The maximum absolute atomic E-state index is 13.1. The molecule has 0 saturated heterocycles. The third kappa shape index (κ3) is 3.03. The lowest BCUT2D eigenvalue weighted by Crippen LogP contribution is -2.03. The van der Waals surface area contributed by atoms with E-state index in [1.807, 2.05) is 0 Å². The first-order valence-electron chi connectivity index (χ1n) is 3.68. The third-order valence-electron chi connectivity index (χ3n) is 1.33. The van der Waals surface area contributed by atoms with Crippen LogP contribution in [0.25, 0.3) is 0 Å². The zero-order chi connectivity index (χ0) is 9.68. The Morgan fingerprint density at radius 1 is 1.69 bits per heavy atom. The second-order valence-electron chi connectivity index (χ2n) is 2.26. The van der Waals surface area contributed by atoms with E-state index in [0.717, 1.165) is 0 Å². The Balaban J connectivity index is 2.70. The van der Waals surface area contributed by atoms with Gasteiger partial charge in [0.05, 0.1) is 6.54 Å². The highest BCUT2D eigenvalue weighted by molar-refractivity contribution is 9.10. The van der Waals surface area contributed by atoms with Crippen LogP contribution in [0.4, 0.5) is 10.2 Å². The van der Waals surface area contributed by atoms with Crippen LogP contribution in [0.3, 0.4) is 0 Å². The minimum Gasteiger partial charge on any atom is -0.357 e. The lowest BCUT2D eigenvalue weighted by atomic mass is 10.4. The van der Waals surface area contributed by atoms with Crippen molar-refractivity contribution in [3.63, 3.8) is 0 Å². The first-order chi connectivity index (χ1) is 6.24. The molecule has 0 amide bonds. The van der Waals surface area contributed by atoms with Crippen LogP contribution in [0.5, 0.6) is 0 Å². The molecule has 0 aliphatic heterocycles. The highest BCUT2D eigenvalue weighted by atomic mass is 79.9. The van der Waals surface area contributed by atoms with Gasteiger partial charge < -0.3 is 5.32 Å². The predicted octanol–water partition coefficient (Wildman–Crippen LogP) is 2.42. The topological polar surface area (TPSA) is 24.9 Å². The Morgan fingerprint density at radius 2 is 2.46 bits per heavy atom. The van der Waals surface area contributed by atoms with E-state index in [9.17, 15) is 4.39 Å². The smallest absolute Gasteiger partial charge is 0.166 e. The number of nitrogens with one attached hydrogen (secondary N) is 1. The molecule has 0 bridgehead atoms. The molecule has 0 radical (unpaired) electrons. The standard InChI is InChI=1S/C9H8BrFN2/c1-2-3-4-12-9-8(11)5-7(10)6-13-9/h5-6H,4H2,1H3,(H,12,13). The normalized spacial score (nSPS) is 8.85. The molecular formula is C9H8BrFN2. The number of nitrogens with zero attached hydrogens (tertiary/aromatic N) is 1. The minimum atomic E-state index is -0.382. The van der Waals surface area contributed by atoms with Gasteiger partial charge in [0, 0.05) is 10.7 Å². The summed E-state index contributed by atoms with van der Waals surface area (Å²) in [6.07, 6.45) is 1.53. The van der Waals surface area contributed by atoms with Crippen molar-refractivity contribution in [3.8, 4) is 11.8 Å². The van der Waals surface area contributed by atoms with Gasteiger partial charge in [0.1, 0.15) is 0 Å². The maximum Gasteiger partial charge on any atom is 0.166 e. The molecule has 1 N–H and O–H groups in total. The van der Waals surface area contributed by atoms with Crippen LogP contribution in [-0.4, -0.2) is 11.5 Å². The number of hydrogen-bond donors (Lipinski definition) is 1. The fourth-order valence-corrected chi connectivity index (χ4v) is 1.06. The van der Waals surface area contributed by atoms with Gasteiger partial charge in [-0.1, -0.05) is 5.92 Å². The molecule has 0 aromatic carbocycles. The molecule has 4 heteroatoms. The summed E-state index contributed by atoms with van der Waals surface area (Å²) in [5, 5.41) is 2.76. The van der Waals surface area contributed by atoms with Crippen LogP contribution in [0, 0.1) is 17.7 Å². The van der Waals surface area contributed by atoms with Gasteiger partial charge in [-0.15, -0.1) is 5.92 Å². The van der Waals surface area contributed by atoms with E-state index in [0.29, 0.717) is 11.0 Å². The lowest BCUT2D eigenvalue weighted by Gasteiger charge is -2.02. The second-order valence-corrected chi connectivity index (χ2v) is 3.18. The molecule has 0 spiro atoms. The van der Waals surface area contributed by atoms with E-state index in [1.165, 1.54) is 12.3 Å². The average Bonchev–Trinajstić information content (AvgIpc) is 2.09. The summed E-state index contributed by atoms with van der Waals surface area (Å²) in [6.45, 7) is 2.13. The molecule has 68 valence electrons. The number of pyridine rings is 1. The number of aromatic nitrogens is 1. The van der Waals surface area contributed by atoms with E-state index in [2.05, 4.69) is 38.1 Å². The van der Waals surface area contributed by atoms with Crippen LogP contribution < -0.4 is 5.32 Å². The Labute approximate surface area is 84.7 Å². The van der Waals surface area contributed by atoms with Crippen molar-refractivity contribution in [2.45, 2.75) is 6.92 Å². The monoisotopic (exact) mass is 242 g/mol. The SMILES string of the molecule is CC#CCNc1ncc(Br)cc1F. The Morgan fingerprint density at radius 3 is 3.08 bits per heavy atom. The van der Waals surface area contributed by atoms with Gasteiger partial charge in [-0.3, -0.25) is 0 Å². The Bertz CT molecular complexity index is 354. The zero-order valence-electron chi connectivity index (χ0n) is 7.06. The molecule has 0 atom stereocenters. The van der Waals surface area contributed by atoms with Crippen molar-refractivity contribution in [2.24, 2.45) is 0 Å². The summed E-state index contributed by atoms with van der Waals surface area (Å²) in [5.74, 6) is 5.30. The molecule has 1 heterocycles. The fourth-order valence-electron chi connectivity index (χ4n) is 0.761. The highest BCUT2D eigenvalue weighted by Crippen LogP contribution is 2.15. The average molecular weight is 243 g/mol. The van der Waals surface area contributed by atoms with Gasteiger partial charge in [0.15, 0.2) is 11.6 Å². The zero-order valence-corrected chi connectivity index (χ0v) is 8.65. The van der Waals surface area contributed by atoms with E-state index >= 15 is 0 Å². The minimum absolute atomic E-state index is 0.228. The molecule has 1 aromatic rings. The fraction of sp³-hybridized carbons (Fsp3) is 0.222. The van der Waals surface area contributed by atoms with Crippen molar-refractivity contribution < 1.29 is 4.39 Å². The molecular weight excluding hydrogens is 235 g/mol. The van der Waals surface area contributed by atoms with E-state index < -0.39 is 0 Å². The number of hydrogen-bond acceptors (Lipinski definition) is 2. The van der Waals surface area contributed by atoms with E-state index in [4.69, 9.17) is 0 Å². The van der Waals surface area contributed by atoms with Crippen molar-refractivity contribution in [1.82, 2.24) is 4.98 Å². The molecule has 13 heavy (non-hydrogen) atoms. The van der Waals surface area contributed by atoms with Crippen molar-refractivity contribution in [1.29, 1.82) is 0 Å². The molecule has 0 aliphatic rings. The first kappa shape index (κ1) is 10.0. The molecule has 0 aliphatic carbocycles. The van der Waals surface area contributed by atoms with Crippen LogP contribution in [0.15, 0.2) is 16.7 Å². The van der Waals surface area contributed by atoms with Crippen molar-refractivity contribution >= 4 is 21.7 Å². The van der Waals surface area contributed by atoms with Crippen molar-refractivity contribution in [3.05, 3.63) is 22.6 Å². The van der Waals surface area contributed by atoms with Crippen LogP contribution >= 0.6 is 15.9 Å². The second kappa shape index (κ2) is 4.83. The maximum atomic E-state index is 13.1. The summed E-state index contributed by atoms with van der Waals surface area (Å²) in [4.78, 5) is 3.85. The molecule has 0 saturated carbocycles. The van der Waals surface area contributed by atoms with Gasteiger partial charge in [-0.2, -0.15) is 0 Å².